The van der Waals surface area contributed by atoms with Gasteiger partial charge in [0, 0.05) is 51.4 Å². The molecule has 1 fully saturated rings. The fraction of sp³-hybridized carbons (Fsp3) is 0.455. The zero-order valence-electron chi connectivity index (χ0n) is 24.2. The van der Waals surface area contributed by atoms with Gasteiger partial charge < -0.3 is 34.5 Å². The summed E-state index contributed by atoms with van der Waals surface area (Å²) in [5.74, 6) is 1.13. The van der Waals surface area contributed by atoms with E-state index in [0.717, 1.165) is 80.5 Å². The van der Waals surface area contributed by atoms with Crippen molar-refractivity contribution in [1.82, 2.24) is 10.6 Å². The molecule has 0 amide bonds. The van der Waals surface area contributed by atoms with E-state index < -0.39 is 11.6 Å². The van der Waals surface area contributed by atoms with Crippen LogP contribution in [-0.2, 0) is 22.6 Å². The van der Waals surface area contributed by atoms with Crippen LogP contribution in [0.25, 0.3) is 0 Å². The molecule has 226 valence electrons. The van der Waals surface area contributed by atoms with Crippen LogP contribution in [0.4, 0.5) is 14.5 Å². The lowest BCUT2D eigenvalue weighted by Crippen LogP contribution is -2.41. The van der Waals surface area contributed by atoms with Crippen molar-refractivity contribution in [2.45, 2.75) is 38.0 Å². The molecule has 2 atom stereocenters. The van der Waals surface area contributed by atoms with Gasteiger partial charge in [-0.25, -0.2) is 8.78 Å². The number of nitrogens with one attached hydrogen (secondary N) is 2. The van der Waals surface area contributed by atoms with Gasteiger partial charge in [0.25, 0.3) is 0 Å². The molecule has 0 spiro atoms. The Morgan fingerprint density at radius 2 is 1.93 bits per heavy atom. The zero-order chi connectivity index (χ0) is 29.1. The van der Waals surface area contributed by atoms with Crippen LogP contribution in [0.1, 0.15) is 35.4 Å². The summed E-state index contributed by atoms with van der Waals surface area (Å²) >= 11 is 0. The monoisotopic (exact) mass is 581 g/mol. The molecule has 42 heavy (non-hydrogen) atoms. The van der Waals surface area contributed by atoms with Gasteiger partial charge in [-0.15, -0.1) is 0 Å². The molecule has 0 aliphatic carbocycles. The molecule has 0 radical (unpaired) electrons. The summed E-state index contributed by atoms with van der Waals surface area (Å²) in [7, 11) is 1.74. The van der Waals surface area contributed by atoms with Gasteiger partial charge in [0.2, 0.25) is 0 Å². The van der Waals surface area contributed by atoms with Gasteiger partial charge in [0.1, 0.15) is 36.3 Å². The molecule has 0 saturated carbocycles. The normalized spacial score (nSPS) is 18.4. The third-order valence-corrected chi connectivity index (χ3v) is 7.83. The van der Waals surface area contributed by atoms with E-state index in [2.05, 4.69) is 45.9 Å². The number of methoxy groups -OCH3 is 1. The first-order valence-corrected chi connectivity index (χ1v) is 14.8. The third kappa shape index (κ3) is 8.19. The Morgan fingerprint density at radius 3 is 2.79 bits per heavy atom. The van der Waals surface area contributed by atoms with E-state index in [1.165, 1.54) is 11.6 Å². The van der Waals surface area contributed by atoms with E-state index >= 15 is 0 Å². The molecule has 5 rings (SSSR count). The summed E-state index contributed by atoms with van der Waals surface area (Å²) in [6.45, 7) is 6.73. The maximum Gasteiger partial charge on any atom is 0.142 e. The average Bonchev–Trinajstić information content (AvgIpc) is 3.02. The van der Waals surface area contributed by atoms with Gasteiger partial charge in [-0.05, 0) is 73.0 Å². The predicted octanol–water partition coefficient (Wildman–Crippen LogP) is 5.03. The molecule has 0 unspecified atom stereocenters. The van der Waals surface area contributed by atoms with Gasteiger partial charge in [0.15, 0.2) is 0 Å². The minimum atomic E-state index is -0.444. The van der Waals surface area contributed by atoms with E-state index in [4.69, 9.17) is 18.9 Å². The summed E-state index contributed by atoms with van der Waals surface area (Å²) in [6, 6.07) is 18.0. The van der Waals surface area contributed by atoms with Crippen LogP contribution in [0.5, 0.6) is 11.5 Å². The van der Waals surface area contributed by atoms with E-state index in [1.807, 2.05) is 12.1 Å². The molecule has 0 bridgehead atoms. The molecular weight excluding hydrogens is 540 g/mol. The topological polar surface area (TPSA) is 64.2 Å². The molecule has 3 aromatic rings. The number of ether oxygens (including phenoxy) is 4. The fourth-order valence-corrected chi connectivity index (χ4v) is 5.58. The number of piperidine rings is 1. The number of fused-ring (bicyclic) bond motifs is 1. The maximum absolute atomic E-state index is 13.8. The van der Waals surface area contributed by atoms with Gasteiger partial charge in [-0.2, -0.15) is 0 Å². The van der Waals surface area contributed by atoms with Crippen LogP contribution < -0.4 is 25.0 Å². The van der Waals surface area contributed by atoms with E-state index in [0.29, 0.717) is 31.9 Å². The molecule has 2 heterocycles. The number of nitrogens with zero attached hydrogens (tertiary/aromatic N) is 1. The molecule has 7 nitrogen and oxygen atoms in total. The molecule has 9 heteroatoms. The van der Waals surface area contributed by atoms with Crippen LogP contribution in [-0.4, -0.2) is 65.8 Å². The number of rotatable bonds is 14. The van der Waals surface area contributed by atoms with Crippen LogP contribution in [0.2, 0.25) is 0 Å². The second kappa shape index (κ2) is 15.3. The minimum Gasteiger partial charge on any atom is -0.492 e. The van der Waals surface area contributed by atoms with Crippen molar-refractivity contribution in [1.29, 1.82) is 0 Å². The smallest absolute Gasteiger partial charge is 0.142 e. The molecule has 2 aliphatic heterocycles. The number of hydrogen-bond acceptors (Lipinski definition) is 7. The van der Waals surface area contributed by atoms with Gasteiger partial charge in [-0.1, -0.05) is 18.2 Å². The number of benzene rings is 3. The highest BCUT2D eigenvalue weighted by Crippen LogP contribution is 2.34. The number of anilines is 1. The largest absolute Gasteiger partial charge is 0.492 e. The Labute approximate surface area is 247 Å². The number of hydrogen-bond donors (Lipinski definition) is 2. The lowest BCUT2D eigenvalue weighted by atomic mass is 9.87. The zero-order valence-corrected chi connectivity index (χ0v) is 24.2. The van der Waals surface area contributed by atoms with Crippen LogP contribution in [0.15, 0.2) is 60.7 Å². The van der Waals surface area contributed by atoms with E-state index in [-0.39, 0.29) is 18.6 Å². The second-order valence-corrected chi connectivity index (χ2v) is 10.8. The molecule has 2 N–H and O–H groups in total. The lowest BCUT2D eigenvalue weighted by Gasteiger charge is -2.33. The molecular formula is C33H41F2N3O4. The Hall–Kier alpha value is -3.24. The Kier molecular flexibility index (Phi) is 11.0. The van der Waals surface area contributed by atoms with Crippen molar-refractivity contribution in [2.24, 2.45) is 0 Å². The lowest BCUT2D eigenvalue weighted by molar-refractivity contribution is 0.0106. The van der Waals surface area contributed by atoms with Gasteiger partial charge in [-0.3, -0.25) is 0 Å². The van der Waals surface area contributed by atoms with E-state index in [1.54, 1.807) is 7.11 Å². The van der Waals surface area contributed by atoms with Crippen molar-refractivity contribution < 1.29 is 27.7 Å². The highest BCUT2D eigenvalue weighted by Gasteiger charge is 2.27. The Bertz CT molecular complexity index is 1280. The first-order chi connectivity index (χ1) is 20.6. The van der Waals surface area contributed by atoms with Crippen molar-refractivity contribution in [2.75, 3.05) is 64.6 Å². The molecule has 1 saturated heterocycles. The first kappa shape index (κ1) is 30.2. The predicted molar refractivity (Wildman–Crippen MR) is 159 cm³/mol. The standard InChI is InChI=1S/C33H41F2N3O4/c1-39-16-2-14-38-15-18-41-32-10-3-24(19-31(32)38)23-42-33-22-36-12-11-29(33)25-4-7-28(8-5-25)40-17-13-37-21-26-20-27(34)6-9-30(26)35/h3-10,19-20,29,33,36-37H,2,11-18,21-23H2,1H3/t29-,33+/m1/s1. The Morgan fingerprint density at radius 1 is 1.05 bits per heavy atom. The summed E-state index contributed by atoms with van der Waals surface area (Å²) in [4.78, 5) is 2.37. The first-order valence-electron chi connectivity index (χ1n) is 14.8. The van der Waals surface area contributed by atoms with Crippen molar-refractivity contribution in [3.8, 4) is 11.5 Å². The summed E-state index contributed by atoms with van der Waals surface area (Å²) in [6.07, 6.45) is 2.03. The fourth-order valence-electron chi connectivity index (χ4n) is 5.58. The quantitative estimate of drug-likeness (QED) is 0.259. The van der Waals surface area contributed by atoms with Crippen molar-refractivity contribution in [3.63, 3.8) is 0 Å². The van der Waals surface area contributed by atoms with Gasteiger partial charge in [0.05, 0.1) is 24.9 Å². The van der Waals surface area contributed by atoms with Crippen LogP contribution >= 0.6 is 0 Å². The van der Waals surface area contributed by atoms with Crippen molar-refractivity contribution in [3.05, 3.63) is 89.0 Å². The highest BCUT2D eigenvalue weighted by molar-refractivity contribution is 5.61. The SMILES string of the molecule is COCCCN1CCOc2ccc(CO[C@H]3CNCC[C@@H]3c3ccc(OCCNCc4cc(F)ccc4F)cc3)cc21. The Balaban J connectivity index is 1.11. The third-order valence-electron chi connectivity index (χ3n) is 7.83. The van der Waals surface area contributed by atoms with Gasteiger partial charge >= 0.3 is 0 Å². The maximum atomic E-state index is 13.8. The summed E-state index contributed by atoms with van der Waals surface area (Å²) in [5.41, 5.74) is 3.80. The minimum absolute atomic E-state index is 0.0584. The van der Waals surface area contributed by atoms with Crippen molar-refractivity contribution >= 4 is 5.69 Å². The molecule has 2 aliphatic rings. The summed E-state index contributed by atoms with van der Waals surface area (Å²) < 4.78 is 50.6. The average molecular weight is 582 g/mol. The highest BCUT2D eigenvalue weighted by atomic mass is 19.1. The van der Waals surface area contributed by atoms with Crippen LogP contribution in [0.3, 0.4) is 0 Å². The van der Waals surface area contributed by atoms with E-state index in [9.17, 15) is 8.78 Å². The number of halogens is 2. The molecule has 0 aromatic heterocycles. The second-order valence-electron chi connectivity index (χ2n) is 10.8. The summed E-state index contributed by atoms with van der Waals surface area (Å²) in [5, 5.41) is 6.58. The molecule has 3 aromatic carbocycles. The van der Waals surface area contributed by atoms with Crippen LogP contribution in [0, 0.1) is 11.6 Å².